The van der Waals surface area contributed by atoms with Gasteiger partial charge in [-0.1, -0.05) is 17.7 Å². The van der Waals surface area contributed by atoms with E-state index in [1.165, 1.54) is 24.3 Å². The van der Waals surface area contributed by atoms with Crippen LogP contribution in [0.3, 0.4) is 0 Å². The molecule has 0 spiro atoms. The van der Waals surface area contributed by atoms with Crippen LogP contribution in [0.5, 0.6) is 0 Å². The highest BCUT2D eigenvalue weighted by Crippen LogP contribution is 2.28. The van der Waals surface area contributed by atoms with E-state index >= 15 is 0 Å². The first kappa shape index (κ1) is 15.7. The predicted octanol–water partition coefficient (Wildman–Crippen LogP) is 2.24. The van der Waals surface area contributed by atoms with E-state index in [9.17, 15) is 13.2 Å². The van der Waals surface area contributed by atoms with Gasteiger partial charge in [-0.15, -0.1) is 0 Å². The Morgan fingerprint density at radius 3 is 2.74 bits per heavy atom. The third kappa shape index (κ3) is 2.98. The highest BCUT2D eigenvalue weighted by atomic mass is 35.5. The Morgan fingerprint density at radius 1 is 1.22 bits per heavy atom. The molecular formula is C13H9ClN4O3S2. The molecule has 0 aliphatic heterocycles. The molecule has 3 aromatic rings. The van der Waals surface area contributed by atoms with E-state index in [-0.39, 0.29) is 26.7 Å². The minimum atomic E-state index is -3.96. The average Bonchev–Trinajstić information content (AvgIpc) is 2.97. The fraction of sp³-hybridized carbons (Fsp3) is 0. The number of primary amides is 1. The molecule has 23 heavy (non-hydrogen) atoms. The Hall–Kier alpha value is -2.23. The molecule has 0 saturated carbocycles. The summed E-state index contributed by atoms with van der Waals surface area (Å²) in [5, 5.41) is 0.141. The number of amides is 1. The Labute approximate surface area is 140 Å². The van der Waals surface area contributed by atoms with Crippen molar-refractivity contribution in [2.45, 2.75) is 4.90 Å². The normalized spacial score (nSPS) is 11.5. The highest BCUT2D eigenvalue weighted by Gasteiger charge is 2.21. The molecule has 10 heteroatoms. The molecule has 0 radical (unpaired) electrons. The number of benzene rings is 2. The first-order chi connectivity index (χ1) is 10.9. The summed E-state index contributed by atoms with van der Waals surface area (Å²) in [4.78, 5) is 11.2. The number of nitrogens with one attached hydrogen (secondary N) is 1. The van der Waals surface area contributed by atoms with Crippen molar-refractivity contribution in [2.24, 2.45) is 5.73 Å². The van der Waals surface area contributed by atoms with Gasteiger partial charge in [-0.05, 0) is 30.3 Å². The van der Waals surface area contributed by atoms with Crippen molar-refractivity contribution >= 4 is 56.0 Å². The molecule has 7 nitrogen and oxygen atoms in total. The SMILES string of the molecule is NC(=O)c1ccc(Cl)c(NS(=O)(=O)c2cccc3nsnc23)c1. The first-order valence-corrected chi connectivity index (χ1v) is 8.81. The fourth-order valence-corrected chi connectivity index (χ4v) is 4.01. The first-order valence-electron chi connectivity index (χ1n) is 6.22. The van der Waals surface area contributed by atoms with Crippen molar-refractivity contribution in [1.29, 1.82) is 0 Å². The lowest BCUT2D eigenvalue weighted by atomic mass is 10.2. The molecule has 0 atom stereocenters. The summed E-state index contributed by atoms with van der Waals surface area (Å²) in [6, 6.07) is 8.73. The van der Waals surface area contributed by atoms with E-state index in [4.69, 9.17) is 17.3 Å². The minimum Gasteiger partial charge on any atom is -0.366 e. The number of rotatable bonds is 4. The fourth-order valence-electron chi connectivity index (χ4n) is 1.95. The number of nitrogens with zero attached hydrogens (tertiary/aromatic N) is 2. The van der Waals surface area contributed by atoms with Crippen LogP contribution < -0.4 is 10.5 Å². The van der Waals surface area contributed by atoms with Gasteiger partial charge in [0.2, 0.25) is 5.91 Å². The monoisotopic (exact) mass is 368 g/mol. The van der Waals surface area contributed by atoms with Crippen LogP contribution in [0.4, 0.5) is 5.69 Å². The van der Waals surface area contributed by atoms with Gasteiger partial charge in [0.25, 0.3) is 10.0 Å². The van der Waals surface area contributed by atoms with E-state index in [2.05, 4.69) is 13.5 Å². The topological polar surface area (TPSA) is 115 Å². The number of fused-ring (bicyclic) bond motifs is 1. The quantitative estimate of drug-likeness (QED) is 0.732. The lowest BCUT2D eigenvalue weighted by Crippen LogP contribution is -2.15. The van der Waals surface area contributed by atoms with E-state index in [0.717, 1.165) is 11.7 Å². The number of hydrogen-bond acceptors (Lipinski definition) is 6. The maximum absolute atomic E-state index is 12.6. The predicted molar refractivity (Wildman–Crippen MR) is 88.2 cm³/mol. The summed E-state index contributed by atoms with van der Waals surface area (Å²) in [6.07, 6.45) is 0. The Morgan fingerprint density at radius 2 is 2.00 bits per heavy atom. The standard InChI is InChI=1S/C13H9ClN4O3S2/c14-8-5-4-7(13(15)19)6-10(8)18-23(20,21)11-3-1-2-9-12(11)17-22-16-9/h1-6,18H,(H2,15,19). The molecule has 1 amide bonds. The van der Waals surface area contributed by atoms with Crippen LogP contribution in [0.15, 0.2) is 41.3 Å². The summed E-state index contributed by atoms with van der Waals surface area (Å²) in [5.41, 5.74) is 6.14. The van der Waals surface area contributed by atoms with E-state index in [1.807, 2.05) is 0 Å². The summed E-state index contributed by atoms with van der Waals surface area (Å²) in [7, 11) is -3.96. The van der Waals surface area contributed by atoms with Crippen molar-refractivity contribution in [1.82, 2.24) is 8.75 Å². The third-order valence-corrected chi connectivity index (χ3v) is 5.30. The highest BCUT2D eigenvalue weighted by molar-refractivity contribution is 7.93. The Kier molecular flexibility index (Phi) is 3.92. The lowest BCUT2D eigenvalue weighted by Gasteiger charge is -2.10. The number of carbonyl (C=O) groups excluding carboxylic acids is 1. The third-order valence-electron chi connectivity index (χ3n) is 3.03. The van der Waals surface area contributed by atoms with Gasteiger partial charge in [-0.2, -0.15) is 8.75 Å². The Bertz CT molecular complexity index is 1020. The zero-order valence-electron chi connectivity index (χ0n) is 11.4. The molecular weight excluding hydrogens is 360 g/mol. The van der Waals surface area contributed by atoms with Gasteiger partial charge in [-0.25, -0.2) is 8.42 Å². The van der Waals surface area contributed by atoms with Crippen molar-refractivity contribution in [3.8, 4) is 0 Å². The number of nitrogens with two attached hydrogens (primary N) is 1. The maximum Gasteiger partial charge on any atom is 0.264 e. The molecule has 0 aliphatic rings. The molecule has 0 bridgehead atoms. The average molecular weight is 369 g/mol. The van der Waals surface area contributed by atoms with E-state index in [0.29, 0.717) is 5.52 Å². The van der Waals surface area contributed by atoms with Gasteiger partial charge >= 0.3 is 0 Å². The molecule has 118 valence electrons. The second kappa shape index (κ2) is 5.76. The van der Waals surface area contributed by atoms with Crippen molar-refractivity contribution in [2.75, 3.05) is 4.72 Å². The van der Waals surface area contributed by atoms with Crippen LogP contribution in [-0.4, -0.2) is 23.1 Å². The number of carbonyl (C=O) groups is 1. The van der Waals surface area contributed by atoms with Crippen LogP contribution in [0, 0.1) is 0 Å². The summed E-state index contributed by atoms with van der Waals surface area (Å²) >= 11 is 6.91. The number of hydrogen-bond donors (Lipinski definition) is 2. The zero-order chi connectivity index (χ0) is 16.6. The lowest BCUT2D eigenvalue weighted by molar-refractivity contribution is 0.100. The second-order valence-corrected chi connectivity index (χ2v) is 7.14. The second-order valence-electron chi connectivity index (χ2n) is 4.55. The van der Waals surface area contributed by atoms with E-state index in [1.54, 1.807) is 12.1 Å². The van der Waals surface area contributed by atoms with Crippen LogP contribution in [0.25, 0.3) is 11.0 Å². The van der Waals surface area contributed by atoms with Crippen molar-refractivity contribution in [3.05, 3.63) is 47.0 Å². The van der Waals surface area contributed by atoms with Gasteiger partial charge in [0.15, 0.2) is 0 Å². The van der Waals surface area contributed by atoms with Crippen molar-refractivity contribution < 1.29 is 13.2 Å². The largest absolute Gasteiger partial charge is 0.366 e. The smallest absolute Gasteiger partial charge is 0.264 e. The van der Waals surface area contributed by atoms with Crippen LogP contribution in [0.1, 0.15) is 10.4 Å². The van der Waals surface area contributed by atoms with Gasteiger partial charge in [0.05, 0.1) is 22.4 Å². The summed E-state index contributed by atoms with van der Waals surface area (Å²) in [6.45, 7) is 0. The molecule has 3 N–H and O–H groups in total. The molecule has 3 rings (SSSR count). The summed E-state index contributed by atoms with van der Waals surface area (Å²) in [5.74, 6) is -0.687. The number of halogens is 1. The van der Waals surface area contributed by atoms with Gasteiger partial charge < -0.3 is 5.73 Å². The molecule has 0 fully saturated rings. The molecule has 1 heterocycles. The molecule has 2 aromatic carbocycles. The van der Waals surface area contributed by atoms with Crippen LogP contribution in [-0.2, 0) is 10.0 Å². The van der Waals surface area contributed by atoms with Gasteiger partial charge in [0, 0.05) is 5.56 Å². The van der Waals surface area contributed by atoms with Gasteiger partial charge in [0.1, 0.15) is 15.9 Å². The van der Waals surface area contributed by atoms with Crippen molar-refractivity contribution in [3.63, 3.8) is 0 Å². The number of sulfonamides is 1. The Balaban J connectivity index is 2.07. The minimum absolute atomic E-state index is 0.0238. The maximum atomic E-state index is 12.6. The van der Waals surface area contributed by atoms with Gasteiger partial charge in [-0.3, -0.25) is 9.52 Å². The molecule has 0 unspecified atom stereocenters. The molecule has 0 aliphatic carbocycles. The number of anilines is 1. The van der Waals surface area contributed by atoms with E-state index < -0.39 is 15.9 Å². The number of aromatic nitrogens is 2. The molecule has 1 aromatic heterocycles. The summed E-state index contributed by atoms with van der Waals surface area (Å²) < 4.78 is 35.5. The van der Waals surface area contributed by atoms with Crippen LogP contribution in [0.2, 0.25) is 5.02 Å². The molecule has 0 saturated heterocycles. The zero-order valence-corrected chi connectivity index (χ0v) is 13.7. The van der Waals surface area contributed by atoms with Crippen LogP contribution >= 0.6 is 23.3 Å².